The summed E-state index contributed by atoms with van der Waals surface area (Å²) in [6, 6.07) is 14.7. The van der Waals surface area contributed by atoms with E-state index in [4.69, 9.17) is 9.47 Å². The predicted octanol–water partition coefficient (Wildman–Crippen LogP) is 4.15. The Hall–Kier alpha value is -3.80. The Kier molecular flexibility index (Phi) is 9.56. The van der Waals surface area contributed by atoms with Gasteiger partial charge in [0.05, 0.1) is 18.6 Å². The van der Waals surface area contributed by atoms with Crippen molar-refractivity contribution in [3.05, 3.63) is 59.7 Å². The third kappa shape index (κ3) is 7.85. The lowest BCUT2D eigenvalue weighted by Crippen LogP contribution is -2.60. The van der Waals surface area contributed by atoms with Crippen LogP contribution in [0.2, 0.25) is 0 Å². The fraction of sp³-hybridized carbons (Fsp3) is 0.571. The van der Waals surface area contributed by atoms with E-state index in [1.54, 1.807) is 39.5 Å². The Bertz CT molecular complexity index is 1610. The molecule has 47 heavy (non-hydrogen) atoms. The zero-order chi connectivity index (χ0) is 34.2. The molecule has 2 atom stereocenters. The van der Waals surface area contributed by atoms with Gasteiger partial charge in [-0.1, -0.05) is 36.4 Å². The Morgan fingerprint density at radius 1 is 1.02 bits per heavy atom. The number of anilines is 1. The van der Waals surface area contributed by atoms with Gasteiger partial charge >= 0.3 is 6.09 Å². The van der Waals surface area contributed by atoms with Crippen LogP contribution in [0.1, 0.15) is 71.4 Å². The molecular formula is C35H48N4O7S. The summed E-state index contributed by atoms with van der Waals surface area (Å²) in [7, 11) is -3.47. The minimum absolute atomic E-state index is 0.0657. The molecule has 0 aliphatic carbocycles. The summed E-state index contributed by atoms with van der Waals surface area (Å²) < 4.78 is 38.2. The Labute approximate surface area is 278 Å². The maximum Gasteiger partial charge on any atom is 0.408 e. The number of benzene rings is 2. The molecular weight excluding hydrogens is 620 g/mol. The van der Waals surface area contributed by atoms with Crippen molar-refractivity contribution in [2.45, 2.75) is 89.3 Å². The zero-order valence-electron chi connectivity index (χ0n) is 28.3. The van der Waals surface area contributed by atoms with Crippen molar-refractivity contribution in [3.8, 4) is 5.75 Å². The van der Waals surface area contributed by atoms with Crippen LogP contribution in [0, 0.1) is 5.92 Å². The lowest BCUT2D eigenvalue weighted by atomic mass is 9.74. The summed E-state index contributed by atoms with van der Waals surface area (Å²) in [5.41, 5.74) is 0.280. The van der Waals surface area contributed by atoms with E-state index in [0.29, 0.717) is 57.6 Å². The molecule has 0 aromatic heterocycles. The van der Waals surface area contributed by atoms with E-state index in [-0.39, 0.29) is 11.8 Å². The maximum atomic E-state index is 14.3. The minimum atomic E-state index is -3.47. The average molecular weight is 669 g/mol. The third-order valence-corrected chi connectivity index (χ3v) is 10.6. The molecule has 5 rings (SSSR count). The first-order valence-electron chi connectivity index (χ1n) is 16.4. The lowest BCUT2D eigenvalue weighted by Gasteiger charge is -2.41. The van der Waals surface area contributed by atoms with Gasteiger partial charge in [-0.3, -0.25) is 13.9 Å². The second kappa shape index (κ2) is 13.0. The first-order chi connectivity index (χ1) is 22.0. The number of alkyl carbamates (subject to hydrolysis) is 1. The van der Waals surface area contributed by atoms with Gasteiger partial charge in [-0.25, -0.2) is 13.2 Å². The normalized spacial score (nSPS) is 19.9. The number of para-hydroxylation sites is 2. The highest BCUT2D eigenvalue weighted by atomic mass is 32.2. The summed E-state index contributed by atoms with van der Waals surface area (Å²) in [5.74, 6) is 0.224. The number of ether oxygens (including phenoxy) is 2. The molecule has 2 N–H and O–H groups in total. The molecule has 2 aromatic carbocycles. The van der Waals surface area contributed by atoms with Crippen LogP contribution in [0.4, 0.5) is 10.5 Å². The standard InChI is InChI=1S/C35H48N4O7S/c1-33(2,3)46-32(42)37-34(4,5)31(41)36-27(22-24-15-20-45-29-14-10-7-11-25(29)21-24)30(40)38-18-16-35(17-19-38)23-39(47(6,43)44)28-13-9-8-12-26(28)35/h7-14,24,27H,15-23H2,1-6H3,(H,36,41)(H,37,42)/t24-,27+/m0/s1. The van der Waals surface area contributed by atoms with Gasteiger partial charge in [0.25, 0.3) is 0 Å². The highest BCUT2D eigenvalue weighted by molar-refractivity contribution is 7.92. The van der Waals surface area contributed by atoms with E-state index in [0.717, 1.165) is 23.3 Å². The van der Waals surface area contributed by atoms with Crippen molar-refractivity contribution < 1.29 is 32.3 Å². The average Bonchev–Trinajstić information content (AvgIpc) is 3.16. The van der Waals surface area contributed by atoms with Gasteiger partial charge in [-0.15, -0.1) is 0 Å². The molecule has 11 nitrogen and oxygen atoms in total. The van der Waals surface area contributed by atoms with Gasteiger partial charge in [-0.05, 0) is 95.9 Å². The van der Waals surface area contributed by atoms with Crippen molar-refractivity contribution in [2.24, 2.45) is 5.92 Å². The number of hydrogen-bond acceptors (Lipinski definition) is 7. The van der Waals surface area contributed by atoms with E-state index in [9.17, 15) is 22.8 Å². The van der Waals surface area contributed by atoms with Crippen LogP contribution in [0.5, 0.6) is 5.75 Å². The molecule has 0 bridgehead atoms. The number of rotatable bonds is 7. The second-order valence-electron chi connectivity index (χ2n) is 14.7. The SMILES string of the molecule is CC(C)(C)OC(=O)NC(C)(C)C(=O)N[C@H](C[C@H]1CCOc2ccccc2C1)C(=O)N1CCC2(CC1)CN(S(C)(=O)=O)c1ccccc12. The van der Waals surface area contributed by atoms with Crippen LogP contribution in [0.25, 0.3) is 0 Å². The first kappa shape index (κ1) is 34.5. The van der Waals surface area contributed by atoms with Gasteiger partial charge in [0.2, 0.25) is 21.8 Å². The molecule has 3 aliphatic rings. The summed E-state index contributed by atoms with van der Waals surface area (Å²) in [5, 5.41) is 5.64. The van der Waals surface area contributed by atoms with Gasteiger partial charge in [0, 0.05) is 25.0 Å². The highest BCUT2D eigenvalue weighted by Gasteiger charge is 2.48. The number of carbonyl (C=O) groups excluding carboxylic acids is 3. The molecule has 2 aromatic rings. The zero-order valence-corrected chi connectivity index (χ0v) is 29.1. The number of nitrogens with zero attached hydrogens (tertiary/aromatic N) is 2. The van der Waals surface area contributed by atoms with E-state index >= 15 is 0 Å². The van der Waals surface area contributed by atoms with Crippen LogP contribution in [0.15, 0.2) is 48.5 Å². The number of sulfonamides is 1. The second-order valence-corrected chi connectivity index (χ2v) is 16.6. The lowest BCUT2D eigenvalue weighted by molar-refractivity contribution is -0.139. The molecule has 0 saturated carbocycles. The monoisotopic (exact) mass is 668 g/mol. The van der Waals surface area contributed by atoms with Crippen molar-refractivity contribution in [3.63, 3.8) is 0 Å². The topological polar surface area (TPSA) is 134 Å². The Morgan fingerprint density at radius 2 is 1.68 bits per heavy atom. The molecule has 12 heteroatoms. The number of likely N-dealkylation sites (tertiary alicyclic amines) is 1. The summed E-state index contributed by atoms with van der Waals surface area (Å²) in [6.07, 6.45) is 3.52. The van der Waals surface area contributed by atoms with Crippen molar-refractivity contribution in [2.75, 3.05) is 36.8 Å². The van der Waals surface area contributed by atoms with Crippen LogP contribution in [0.3, 0.4) is 0 Å². The van der Waals surface area contributed by atoms with E-state index in [2.05, 4.69) is 10.6 Å². The molecule has 0 unspecified atom stereocenters. The minimum Gasteiger partial charge on any atom is -0.493 e. The van der Waals surface area contributed by atoms with Gasteiger partial charge in [-0.2, -0.15) is 0 Å². The smallest absolute Gasteiger partial charge is 0.408 e. The predicted molar refractivity (Wildman–Crippen MR) is 180 cm³/mol. The van der Waals surface area contributed by atoms with E-state index in [1.165, 1.54) is 10.6 Å². The van der Waals surface area contributed by atoms with Crippen molar-refractivity contribution in [1.82, 2.24) is 15.5 Å². The quantitative estimate of drug-likeness (QED) is 0.453. The van der Waals surface area contributed by atoms with E-state index < -0.39 is 44.6 Å². The number of piperidine rings is 1. The van der Waals surface area contributed by atoms with Gasteiger partial charge < -0.3 is 25.0 Å². The van der Waals surface area contributed by atoms with Crippen molar-refractivity contribution >= 4 is 33.6 Å². The van der Waals surface area contributed by atoms with Crippen LogP contribution in [-0.2, 0) is 36.2 Å². The first-order valence-corrected chi connectivity index (χ1v) is 18.2. The highest BCUT2D eigenvalue weighted by Crippen LogP contribution is 2.48. The number of nitrogens with one attached hydrogen (secondary N) is 2. The molecule has 1 spiro atoms. The van der Waals surface area contributed by atoms with Gasteiger partial charge in [0.15, 0.2) is 0 Å². The van der Waals surface area contributed by atoms with Crippen LogP contribution in [-0.4, -0.2) is 80.9 Å². The molecule has 1 fully saturated rings. The third-order valence-electron chi connectivity index (χ3n) is 9.44. The number of amides is 3. The molecule has 1 saturated heterocycles. The largest absolute Gasteiger partial charge is 0.493 e. The van der Waals surface area contributed by atoms with E-state index in [1.807, 2.05) is 48.5 Å². The summed E-state index contributed by atoms with van der Waals surface area (Å²) >= 11 is 0. The van der Waals surface area contributed by atoms with Crippen LogP contribution < -0.4 is 19.7 Å². The molecule has 256 valence electrons. The number of fused-ring (bicyclic) bond motifs is 3. The molecule has 3 aliphatic heterocycles. The number of carbonyl (C=O) groups is 3. The molecule has 3 amide bonds. The summed E-state index contributed by atoms with van der Waals surface area (Å²) in [6.45, 7) is 10.1. The van der Waals surface area contributed by atoms with Crippen LogP contribution >= 0.6 is 0 Å². The molecule has 3 heterocycles. The van der Waals surface area contributed by atoms with Gasteiger partial charge in [0.1, 0.15) is 22.9 Å². The van der Waals surface area contributed by atoms with Crippen molar-refractivity contribution in [1.29, 1.82) is 0 Å². The Morgan fingerprint density at radius 3 is 2.36 bits per heavy atom. The number of hydrogen-bond donors (Lipinski definition) is 2. The fourth-order valence-corrected chi connectivity index (χ4v) is 7.95. The summed E-state index contributed by atoms with van der Waals surface area (Å²) in [4.78, 5) is 42.4. The Balaban J connectivity index is 1.34. The maximum absolute atomic E-state index is 14.3. The molecule has 0 radical (unpaired) electrons. The fourth-order valence-electron chi connectivity index (χ4n) is 6.96.